The first-order valence-corrected chi connectivity index (χ1v) is 16.1. The number of carboxylic acids is 2. The second-order valence-corrected chi connectivity index (χ2v) is 17.3. The number of aromatic hydroxyl groups is 4. The van der Waals surface area contributed by atoms with E-state index in [0.717, 1.165) is 0 Å². The standard InChI is InChI=1S/C9H19ClSi.2C9H11NO4/c1-9(2,3)11(10)7-5-4-6-8-11;2*10-6(9(13)14)3-5-1-2-7(11)8(12)4-5/h4-8H2,1-3H3;2*1-2,4,6,11-12H,3,10H2,(H,13,14). The smallest absolute Gasteiger partial charge is 0.320 e. The number of aliphatic carboxylic acids is 2. The Labute approximate surface area is 234 Å². The second kappa shape index (κ2) is 15.0. The number of phenolic OH excluding ortho intramolecular Hbond substituents is 4. The predicted molar refractivity (Wildman–Crippen MR) is 153 cm³/mol. The van der Waals surface area contributed by atoms with Gasteiger partial charge in [0.05, 0.1) is 0 Å². The molecule has 12 heteroatoms. The van der Waals surface area contributed by atoms with Gasteiger partial charge >= 0.3 is 11.9 Å². The molecule has 218 valence electrons. The molecule has 2 aromatic rings. The SMILES string of the molecule is CC(C)(C)[Si]1(Cl)CCCCC1.NC(Cc1ccc(O)c(O)c1)C(=O)O.NC(Cc1ccc(O)c(O)c1)C(=O)O. The minimum Gasteiger partial charge on any atom is -0.504 e. The van der Waals surface area contributed by atoms with Gasteiger partial charge in [0.1, 0.15) is 12.1 Å². The molecule has 10 N–H and O–H groups in total. The van der Waals surface area contributed by atoms with Crippen molar-refractivity contribution in [2.75, 3.05) is 0 Å². The van der Waals surface area contributed by atoms with E-state index in [4.69, 9.17) is 53.2 Å². The lowest BCUT2D eigenvalue weighted by Crippen LogP contribution is -2.39. The van der Waals surface area contributed by atoms with Gasteiger partial charge < -0.3 is 42.1 Å². The van der Waals surface area contributed by atoms with Crippen LogP contribution in [-0.2, 0) is 22.4 Å². The Morgan fingerprint density at radius 1 is 0.769 bits per heavy atom. The van der Waals surface area contributed by atoms with Gasteiger partial charge in [-0.05, 0) is 65.4 Å². The predicted octanol–water partition coefficient (Wildman–Crippen LogP) is 4.26. The van der Waals surface area contributed by atoms with Crippen molar-refractivity contribution in [2.45, 2.75) is 82.1 Å². The van der Waals surface area contributed by atoms with Gasteiger partial charge in [0.15, 0.2) is 30.4 Å². The summed E-state index contributed by atoms with van der Waals surface area (Å²) >= 11 is 6.69. The van der Waals surface area contributed by atoms with Gasteiger partial charge in [-0.2, -0.15) is 11.1 Å². The summed E-state index contributed by atoms with van der Waals surface area (Å²) in [6.07, 6.45) is 4.41. The van der Waals surface area contributed by atoms with E-state index in [1.54, 1.807) is 0 Å². The lowest BCUT2D eigenvalue weighted by Gasteiger charge is -2.40. The number of carboxylic acid groups (broad SMARTS) is 2. The Morgan fingerprint density at radius 3 is 1.38 bits per heavy atom. The highest BCUT2D eigenvalue weighted by Gasteiger charge is 2.43. The van der Waals surface area contributed by atoms with Gasteiger partial charge in [-0.1, -0.05) is 52.2 Å². The van der Waals surface area contributed by atoms with E-state index in [0.29, 0.717) is 16.2 Å². The molecule has 2 atom stereocenters. The summed E-state index contributed by atoms with van der Waals surface area (Å²) in [5, 5.41) is 53.7. The van der Waals surface area contributed by atoms with Gasteiger partial charge in [-0.3, -0.25) is 9.59 Å². The van der Waals surface area contributed by atoms with Crippen molar-refractivity contribution >= 4 is 30.4 Å². The fourth-order valence-corrected chi connectivity index (χ4v) is 8.11. The summed E-state index contributed by atoms with van der Waals surface area (Å²) in [4.78, 5) is 20.8. The maximum atomic E-state index is 10.4. The second-order valence-electron chi connectivity index (χ2n) is 10.7. The van der Waals surface area contributed by atoms with Crippen LogP contribution in [0.3, 0.4) is 0 Å². The Morgan fingerprint density at radius 2 is 1.13 bits per heavy atom. The molecule has 0 saturated carbocycles. The molecule has 1 fully saturated rings. The molecule has 2 unspecified atom stereocenters. The molecule has 10 nitrogen and oxygen atoms in total. The number of rotatable bonds is 6. The van der Waals surface area contributed by atoms with Crippen LogP contribution in [0.25, 0.3) is 0 Å². The summed E-state index contributed by atoms with van der Waals surface area (Å²) in [7, 11) is -1.37. The Hall–Kier alpha value is -2.99. The molecule has 3 rings (SSSR count). The number of benzene rings is 2. The van der Waals surface area contributed by atoms with Crippen molar-refractivity contribution < 1.29 is 40.2 Å². The molecule has 0 spiro atoms. The van der Waals surface area contributed by atoms with Crippen molar-refractivity contribution in [3.05, 3.63) is 47.5 Å². The average Bonchev–Trinajstić information content (AvgIpc) is 2.84. The molecule has 1 aliphatic rings. The highest BCUT2D eigenvalue weighted by molar-refractivity contribution is 7.21. The number of halogens is 1. The summed E-state index contributed by atoms with van der Waals surface area (Å²) in [5.74, 6) is -3.23. The molecule has 0 amide bonds. The zero-order chi connectivity index (χ0) is 30.0. The van der Waals surface area contributed by atoms with Crippen molar-refractivity contribution in [1.29, 1.82) is 0 Å². The fraction of sp³-hybridized carbons (Fsp3) is 0.481. The molecule has 0 radical (unpaired) electrons. The van der Waals surface area contributed by atoms with Gasteiger partial charge in [0, 0.05) is 0 Å². The molecule has 39 heavy (non-hydrogen) atoms. The molecular weight excluding hydrogens is 544 g/mol. The van der Waals surface area contributed by atoms with Crippen LogP contribution in [-0.4, -0.2) is 62.0 Å². The third-order valence-corrected chi connectivity index (χ3v) is 14.4. The number of hydrogen-bond donors (Lipinski definition) is 8. The zero-order valence-corrected chi connectivity index (χ0v) is 24.4. The number of nitrogens with two attached hydrogens (primary N) is 2. The fourth-order valence-electron chi connectivity index (χ4n) is 3.94. The normalized spacial score (nSPS) is 15.9. The summed E-state index contributed by atoms with van der Waals surface area (Å²) in [6, 6.07) is 8.87. The third-order valence-electron chi connectivity index (χ3n) is 6.62. The monoisotopic (exact) mass is 584 g/mol. The van der Waals surface area contributed by atoms with Gasteiger partial charge in [-0.15, -0.1) is 0 Å². The summed E-state index contributed by atoms with van der Waals surface area (Å²) in [5.41, 5.74) is 11.7. The third kappa shape index (κ3) is 11.3. The summed E-state index contributed by atoms with van der Waals surface area (Å²) in [6.45, 7) is 6.95. The highest BCUT2D eigenvalue weighted by atomic mass is 35.6. The van der Waals surface area contributed by atoms with Crippen LogP contribution in [0, 0.1) is 0 Å². The first kappa shape index (κ1) is 34.0. The van der Waals surface area contributed by atoms with Gasteiger partial charge in [-0.25, -0.2) is 0 Å². The first-order chi connectivity index (χ1) is 18.0. The molecular formula is C27H41ClN2O8Si. The Balaban J connectivity index is 0.000000295. The highest BCUT2D eigenvalue weighted by Crippen LogP contribution is 2.48. The van der Waals surface area contributed by atoms with Crippen LogP contribution < -0.4 is 11.5 Å². The number of hydrogen-bond acceptors (Lipinski definition) is 8. The largest absolute Gasteiger partial charge is 0.504 e. The number of phenols is 4. The van der Waals surface area contributed by atoms with E-state index in [1.165, 1.54) is 67.7 Å². The molecule has 2 aromatic carbocycles. The molecule has 1 heterocycles. The number of carbonyl (C=O) groups is 2. The zero-order valence-electron chi connectivity index (χ0n) is 22.6. The summed E-state index contributed by atoms with van der Waals surface area (Å²) < 4.78 is 0. The van der Waals surface area contributed by atoms with E-state index in [-0.39, 0.29) is 35.8 Å². The minimum atomic E-state index is -1.37. The maximum absolute atomic E-state index is 10.4. The average molecular weight is 585 g/mol. The van der Waals surface area contributed by atoms with Crippen molar-refractivity contribution in [1.82, 2.24) is 0 Å². The Bertz CT molecular complexity index is 1030. The first-order valence-electron chi connectivity index (χ1n) is 12.6. The van der Waals surface area contributed by atoms with Crippen molar-refractivity contribution in [2.24, 2.45) is 11.5 Å². The lowest BCUT2D eigenvalue weighted by atomic mass is 10.1. The van der Waals surface area contributed by atoms with Crippen LogP contribution in [0.4, 0.5) is 0 Å². The van der Waals surface area contributed by atoms with E-state index in [9.17, 15) is 9.59 Å². The van der Waals surface area contributed by atoms with E-state index >= 15 is 0 Å². The molecule has 1 saturated heterocycles. The van der Waals surface area contributed by atoms with E-state index in [1.807, 2.05) is 0 Å². The minimum absolute atomic E-state index is 0.114. The van der Waals surface area contributed by atoms with Crippen LogP contribution in [0.5, 0.6) is 23.0 Å². The van der Waals surface area contributed by atoms with Gasteiger partial charge in [0.2, 0.25) is 0 Å². The van der Waals surface area contributed by atoms with Crippen LogP contribution >= 0.6 is 11.1 Å². The molecule has 0 aromatic heterocycles. The molecule has 1 aliphatic heterocycles. The van der Waals surface area contributed by atoms with E-state index in [2.05, 4.69) is 20.8 Å². The Kier molecular flexibility index (Phi) is 13.1. The maximum Gasteiger partial charge on any atom is 0.320 e. The lowest BCUT2D eigenvalue weighted by molar-refractivity contribution is -0.139. The van der Waals surface area contributed by atoms with Crippen molar-refractivity contribution in [3.8, 4) is 23.0 Å². The van der Waals surface area contributed by atoms with Crippen molar-refractivity contribution in [3.63, 3.8) is 0 Å². The van der Waals surface area contributed by atoms with Gasteiger partial charge in [0.25, 0.3) is 0 Å². The van der Waals surface area contributed by atoms with Crippen LogP contribution in [0.15, 0.2) is 36.4 Å². The van der Waals surface area contributed by atoms with Crippen LogP contribution in [0.2, 0.25) is 17.1 Å². The quantitative estimate of drug-likeness (QED) is 0.137. The molecule has 0 aliphatic carbocycles. The van der Waals surface area contributed by atoms with Crippen LogP contribution in [0.1, 0.15) is 51.2 Å². The van der Waals surface area contributed by atoms with E-state index < -0.39 is 31.4 Å². The molecule has 0 bridgehead atoms. The topological polar surface area (TPSA) is 208 Å².